The molecule has 0 aromatic heterocycles. The Bertz CT molecular complexity index is 636. The maximum Gasteiger partial charge on any atom is 0.321 e. The molecule has 1 fully saturated rings. The van der Waals surface area contributed by atoms with E-state index in [9.17, 15) is 13.2 Å². The van der Waals surface area contributed by atoms with Crippen LogP contribution in [-0.4, -0.2) is 55.6 Å². The number of anilines is 1. The smallest absolute Gasteiger partial charge is 0.321 e. The third kappa shape index (κ3) is 4.34. The molecule has 2 rings (SSSR count). The Hall–Kier alpha value is -1.31. The van der Waals surface area contributed by atoms with Crippen molar-refractivity contribution in [2.75, 3.05) is 37.2 Å². The maximum atomic E-state index is 12.3. The van der Waals surface area contributed by atoms with Gasteiger partial charge in [-0.2, -0.15) is 0 Å². The highest BCUT2D eigenvalue weighted by Crippen LogP contribution is 2.16. The standard InChI is InChI=1S/C14H20ClN3O3S/c1-2-22(20,21)18-8-4-7-17(9-10-18)14(19)16-13-6-3-5-12(15)11-13/h3,5-6,11H,2,4,7-10H2,1H3,(H,16,19). The number of sulfonamides is 1. The van der Waals surface area contributed by atoms with Gasteiger partial charge in [0.2, 0.25) is 10.0 Å². The van der Waals surface area contributed by atoms with E-state index in [1.54, 1.807) is 36.1 Å². The second-order valence-corrected chi connectivity index (χ2v) is 7.77. The van der Waals surface area contributed by atoms with Crippen molar-refractivity contribution in [1.29, 1.82) is 0 Å². The predicted molar refractivity (Wildman–Crippen MR) is 87.7 cm³/mol. The molecule has 1 aromatic rings. The topological polar surface area (TPSA) is 69.7 Å². The Kier molecular flexibility index (Phi) is 5.66. The lowest BCUT2D eigenvalue weighted by Gasteiger charge is -2.22. The first-order valence-corrected chi connectivity index (χ1v) is 9.20. The number of rotatable bonds is 3. The Labute approximate surface area is 136 Å². The summed E-state index contributed by atoms with van der Waals surface area (Å²) in [6.07, 6.45) is 0.627. The zero-order valence-corrected chi connectivity index (χ0v) is 14.0. The number of hydrogen-bond acceptors (Lipinski definition) is 3. The average molecular weight is 346 g/mol. The average Bonchev–Trinajstić information content (AvgIpc) is 2.73. The van der Waals surface area contributed by atoms with Crippen molar-refractivity contribution in [3.63, 3.8) is 0 Å². The third-order valence-corrected chi connectivity index (χ3v) is 5.69. The van der Waals surface area contributed by atoms with Crippen LogP contribution < -0.4 is 5.32 Å². The van der Waals surface area contributed by atoms with Gasteiger partial charge in [0.05, 0.1) is 5.75 Å². The quantitative estimate of drug-likeness (QED) is 0.913. The normalized spacial score (nSPS) is 17.1. The molecule has 6 nitrogen and oxygen atoms in total. The first-order valence-electron chi connectivity index (χ1n) is 7.21. The van der Waals surface area contributed by atoms with Crippen LogP contribution in [0.5, 0.6) is 0 Å². The van der Waals surface area contributed by atoms with Crippen molar-refractivity contribution >= 4 is 33.3 Å². The fourth-order valence-electron chi connectivity index (χ4n) is 2.33. The number of amides is 2. The van der Waals surface area contributed by atoms with Crippen molar-refractivity contribution in [3.05, 3.63) is 29.3 Å². The molecule has 22 heavy (non-hydrogen) atoms. The van der Waals surface area contributed by atoms with E-state index in [2.05, 4.69) is 5.32 Å². The van der Waals surface area contributed by atoms with Crippen LogP contribution in [0.2, 0.25) is 5.02 Å². The van der Waals surface area contributed by atoms with Gasteiger partial charge in [-0.1, -0.05) is 17.7 Å². The summed E-state index contributed by atoms with van der Waals surface area (Å²) in [6, 6.07) is 6.69. The first-order chi connectivity index (χ1) is 10.4. The number of halogens is 1. The molecule has 2 amide bonds. The summed E-state index contributed by atoms with van der Waals surface area (Å²) in [5, 5.41) is 3.33. The van der Waals surface area contributed by atoms with Crippen molar-refractivity contribution in [2.24, 2.45) is 0 Å². The van der Waals surface area contributed by atoms with E-state index < -0.39 is 10.0 Å². The SMILES string of the molecule is CCS(=O)(=O)N1CCCN(C(=O)Nc2cccc(Cl)c2)CC1. The van der Waals surface area contributed by atoms with Crippen LogP contribution in [0.1, 0.15) is 13.3 Å². The van der Waals surface area contributed by atoms with Gasteiger partial charge in [0.1, 0.15) is 0 Å². The van der Waals surface area contributed by atoms with Gasteiger partial charge in [0.15, 0.2) is 0 Å². The number of carbonyl (C=O) groups is 1. The Morgan fingerprint density at radius 2 is 2.05 bits per heavy atom. The van der Waals surface area contributed by atoms with E-state index >= 15 is 0 Å². The molecule has 1 saturated heterocycles. The summed E-state index contributed by atoms with van der Waals surface area (Å²) in [5.41, 5.74) is 0.625. The molecule has 1 aliphatic heterocycles. The highest BCUT2D eigenvalue weighted by molar-refractivity contribution is 7.89. The van der Waals surface area contributed by atoms with Crippen LogP contribution in [-0.2, 0) is 10.0 Å². The molecular formula is C14H20ClN3O3S. The summed E-state index contributed by atoms with van der Waals surface area (Å²) in [4.78, 5) is 13.9. The van der Waals surface area contributed by atoms with E-state index in [-0.39, 0.29) is 11.8 Å². The van der Waals surface area contributed by atoms with Crippen molar-refractivity contribution in [2.45, 2.75) is 13.3 Å². The third-order valence-electron chi connectivity index (χ3n) is 3.58. The largest absolute Gasteiger partial charge is 0.323 e. The number of nitrogens with zero attached hydrogens (tertiary/aromatic N) is 2. The predicted octanol–water partition coefficient (Wildman–Crippen LogP) is 2.23. The fraction of sp³-hybridized carbons (Fsp3) is 0.500. The molecule has 0 spiro atoms. The minimum atomic E-state index is -3.20. The zero-order valence-electron chi connectivity index (χ0n) is 12.5. The van der Waals surface area contributed by atoms with Gasteiger partial charge in [-0.15, -0.1) is 0 Å². The molecule has 0 saturated carbocycles. The number of benzene rings is 1. The van der Waals surface area contributed by atoms with Gasteiger partial charge in [0.25, 0.3) is 0 Å². The maximum absolute atomic E-state index is 12.3. The fourth-order valence-corrected chi connectivity index (χ4v) is 3.65. The van der Waals surface area contributed by atoms with Gasteiger partial charge < -0.3 is 10.2 Å². The van der Waals surface area contributed by atoms with Gasteiger partial charge in [-0.25, -0.2) is 17.5 Å². The lowest BCUT2D eigenvalue weighted by Crippen LogP contribution is -2.39. The summed E-state index contributed by atoms with van der Waals surface area (Å²) in [6.45, 7) is 3.33. The van der Waals surface area contributed by atoms with Crippen LogP contribution in [0, 0.1) is 0 Å². The van der Waals surface area contributed by atoms with Gasteiger partial charge in [-0.3, -0.25) is 0 Å². The van der Waals surface area contributed by atoms with Crippen LogP contribution in [0.15, 0.2) is 24.3 Å². The van der Waals surface area contributed by atoms with Gasteiger partial charge in [-0.05, 0) is 31.5 Å². The molecule has 1 N–H and O–H groups in total. The molecule has 0 radical (unpaired) electrons. The van der Waals surface area contributed by atoms with Crippen molar-refractivity contribution < 1.29 is 13.2 Å². The zero-order chi connectivity index (χ0) is 16.2. The molecule has 122 valence electrons. The second kappa shape index (κ2) is 7.30. The second-order valence-electron chi connectivity index (χ2n) is 5.08. The summed E-state index contributed by atoms with van der Waals surface area (Å²) in [7, 11) is -3.20. The number of carbonyl (C=O) groups excluding carboxylic acids is 1. The molecule has 0 aliphatic carbocycles. The van der Waals surface area contributed by atoms with E-state index in [0.29, 0.717) is 43.3 Å². The van der Waals surface area contributed by atoms with Gasteiger partial charge in [0, 0.05) is 36.9 Å². The highest BCUT2D eigenvalue weighted by atomic mass is 35.5. The van der Waals surface area contributed by atoms with Crippen LogP contribution in [0.25, 0.3) is 0 Å². The summed E-state index contributed by atoms with van der Waals surface area (Å²) in [5.74, 6) is 0.0850. The minimum absolute atomic E-state index is 0.0850. The van der Waals surface area contributed by atoms with Gasteiger partial charge >= 0.3 is 6.03 Å². The van der Waals surface area contributed by atoms with Crippen LogP contribution >= 0.6 is 11.6 Å². The molecule has 8 heteroatoms. The number of nitrogens with one attached hydrogen (secondary N) is 1. The lowest BCUT2D eigenvalue weighted by molar-refractivity contribution is 0.214. The van der Waals surface area contributed by atoms with E-state index in [1.807, 2.05) is 0 Å². The minimum Gasteiger partial charge on any atom is -0.323 e. The van der Waals surface area contributed by atoms with E-state index in [0.717, 1.165) is 0 Å². The molecule has 0 atom stereocenters. The summed E-state index contributed by atoms with van der Waals surface area (Å²) < 4.78 is 25.3. The molecule has 1 aliphatic rings. The highest BCUT2D eigenvalue weighted by Gasteiger charge is 2.25. The lowest BCUT2D eigenvalue weighted by atomic mass is 10.3. The first kappa shape index (κ1) is 17.1. The van der Waals surface area contributed by atoms with E-state index in [4.69, 9.17) is 11.6 Å². The Balaban J connectivity index is 1.97. The number of hydrogen-bond donors (Lipinski definition) is 1. The molecular weight excluding hydrogens is 326 g/mol. The van der Waals surface area contributed by atoms with Crippen LogP contribution in [0.3, 0.4) is 0 Å². The monoisotopic (exact) mass is 345 g/mol. The molecule has 1 aromatic carbocycles. The number of urea groups is 1. The summed E-state index contributed by atoms with van der Waals surface area (Å²) >= 11 is 5.89. The van der Waals surface area contributed by atoms with Crippen molar-refractivity contribution in [1.82, 2.24) is 9.21 Å². The Morgan fingerprint density at radius 3 is 2.73 bits per heavy atom. The van der Waals surface area contributed by atoms with Crippen LogP contribution in [0.4, 0.5) is 10.5 Å². The molecule has 0 unspecified atom stereocenters. The Morgan fingerprint density at radius 1 is 1.27 bits per heavy atom. The van der Waals surface area contributed by atoms with Crippen molar-refractivity contribution in [3.8, 4) is 0 Å². The molecule has 0 bridgehead atoms. The molecule has 1 heterocycles. The van der Waals surface area contributed by atoms with E-state index in [1.165, 1.54) is 4.31 Å².